The van der Waals surface area contributed by atoms with E-state index in [9.17, 15) is 36.4 Å². The molecule has 37 heavy (non-hydrogen) atoms. The number of halogens is 7. The van der Waals surface area contributed by atoms with Gasteiger partial charge in [-0.2, -0.15) is 36.7 Å². The summed E-state index contributed by atoms with van der Waals surface area (Å²) in [7, 11) is 0. The van der Waals surface area contributed by atoms with Crippen molar-refractivity contribution in [3.63, 3.8) is 0 Å². The quantitative estimate of drug-likeness (QED) is 0.415. The molecule has 0 saturated carbocycles. The van der Waals surface area contributed by atoms with E-state index in [2.05, 4.69) is 10.1 Å². The van der Waals surface area contributed by atoms with Crippen molar-refractivity contribution in [1.82, 2.24) is 19.7 Å². The van der Waals surface area contributed by atoms with Crippen LogP contribution in [0.1, 0.15) is 39.8 Å². The van der Waals surface area contributed by atoms with Crippen LogP contribution in [-0.2, 0) is 19.1 Å². The maximum absolute atomic E-state index is 13.4. The van der Waals surface area contributed by atoms with E-state index in [1.54, 1.807) is 6.07 Å². The van der Waals surface area contributed by atoms with Gasteiger partial charge in [-0.25, -0.2) is 4.68 Å². The predicted octanol–water partition coefficient (Wildman–Crippen LogP) is 5.34. The minimum absolute atomic E-state index is 0.0489. The molecule has 2 aromatic heterocycles. The molecule has 14 heteroatoms. The molecule has 0 aliphatic carbocycles. The molecule has 1 atom stereocenters. The second-order valence-corrected chi connectivity index (χ2v) is 8.51. The Labute approximate surface area is 210 Å². The van der Waals surface area contributed by atoms with Crippen LogP contribution >= 0.6 is 11.6 Å². The normalized spacial score (nSPS) is 14.6. The Balaban J connectivity index is 1.64. The summed E-state index contributed by atoms with van der Waals surface area (Å²) >= 11 is 6.22. The first-order valence-electron chi connectivity index (χ1n) is 10.7. The molecule has 0 N–H and O–H groups in total. The van der Waals surface area contributed by atoms with E-state index >= 15 is 0 Å². The molecular weight excluding hydrogens is 528 g/mol. The van der Waals surface area contributed by atoms with Crippen molar-refractivity contribution in [1.29, 1.82) is 5.26 Å². The lowest BCUT2D eigenvalue weighted by molar-refractivity contribution is -0.189. The summed E-state index contributed by atoms with van der Waals surface area (Å²) in [5, 5.41) is 13.2. The predicted molar refractivity (Wildman–Crippen MR) is 117 cm³/mol. The average Bonchev–Trinajstić information content (AvgIpc) is 3.26. The maximum atomic E-state index is 13.4. The van der Waals surface area contributed by atoms with Gasteiger partial charge < -0.3 is 9.64 Å². The second-order valence-electron chi connectivity index (χ2n) is 8.13. The number of carbonyl (C=O) groups is 1. The molecule has 0 fully saturated rings. The lowest BCUT2D eigenvalue weighted by atomic mass is 10.0. The molecule has 0 saturated heterocycles. The third-order valence-electron chi connectivity index (χ3n) is 5.65. The van der Waals surface area contributed by atoms with Gasteiger partial charge in [-0.3, -0.25) is 9.78 Å². The van der Waals surface area contributed by atoms with Crippen molar-refractivity contribution in [3.05, 3.63) is 69.8 Å². The molecule has 194 valence electrons. The number of fused-ring (bicyclic) bond motifs is 1. The molecule has 4 rings (SSSR count). The Bertz CT molecular complexity index is 1400. The fourth-order valence-corrected chi connectivity index (χ4v) is 3.97. The topological polar surface area (TPSA) is 84.0 Å². The maximum Gasteiger partial charge on any atom is 0.433 e. The molecule has 3 heterocycles. The van der Waals surface area contributed by atoms with Gasteiger partial charge in [0.05, 0.1) is 22.0 Å². The molecule has 7 nitrogen and oxygen atoms in total. The smallest absolute Gasteiger partial charge is 0.433 e. The number of aromatic nitrogens is 3. The number of amides is 1. The Kier molecular flexibility index (Phi) is 6.81. The van der Waals surface area contributed by atoms with Crippen molar-refractivity contribution in [2.75, 3.05) is 6.54 Å². The fraction of sp³-hybridized carbons (Fsp3) is 0.304. The summed E-state index contributed by atoms with van der Waals surface area (Å²) in [4.78, 5) is 18.0. The molecule has 1 aliphatic rings. The van der Waals surface area contributed by atoms with Crippen LogP contribution in [0, 0.1) is 11.3 Å². The van der Waals surface area contributed by atoms with Gasteiger partial charge in [0, 0.05) is 37.5 Å². The highest BCUT2D eigenvalue weighted by molar-refractivity contribution is 6.35. The Morgan fingerprint density at radius 2 is 1.95 bits per heavy atom. The molecular formula is C23H16ClF6N5O2. The van der Waals surface area contributed by atoms with Crippen molar-refractivity contribution in [2.45, 2.75) is 38.3 Å². The molecule has 1 aromatic carbocycles. The van der Waals surface area contributed by atoms with Crippen LogP contribution in [0.15, 0.2) is 36.7 Å². The lowest BCUT2D eigenvalue weighted by Gasteiger charge is -2.28. The number of nitriles is 1. The number of ether oxygens (including phenoxy) is 1. The first-order chi connectivity index (χ1) is 17.3. The van der Waals surface area contributed by atoms with Gasteiger partial charge in [0.2, 0.25) is 0 Å². The van der Waals surface area contributed by atoms with Gasteiger partial charge in [0.15, 0.2) is 6.10 Å². The Hall–Kier alpha value is -3.79. The third-order valence-corrected chi connectivity index (χ3v) is 6.04. The molecule has 0 unspecified atom stereocenters. The average molecular weight is 544 g/mol. The summed E-state index contributed by atoms with van der Waals surface area (Å²) in [6.45, 7) is 0.812. The number of carbonyl (C=O) groups excluding carboxylic acids is 1. The van der Waals surface area contributed by atoms with Crippen LogP contribution in [0.25, 0.3) is 5.69 Å². The van der Waals surface area contributed by atoms with Crippen molar-refractivity contribution < 1.29 is 35.9 Å². The summed E-state index contributed by atoms with van der Waals surface area (Å²) in [6, 6.07) is 6.18. The molecule has 0 radical (unpaired) electrons. The molecule has 1 amide bonds. The highest BCUT2D eigenvalue weighted by atomic mass is 35.5. The number of pyridine rings is 1. The van der Waals surface area contributed by atoms with Gasteiger partial charge in [-0.1, -0.05) is 11.6 Å². The number of hydrogen-bond acceptors (Lipinski definition) is 5. The molecule has 0 bridgehead atoms. The summed E-state index contributed by atoms with van der Waals surface area (Å²) in [6.07, 6.45) is -8.93. The van der Waals surface area contributed by atoms with Crippen LogP contribution in [0.2, 0.25) is 5.02 Å². The van der Waals surface area contributed by atoms with Crippen molar-refractivity contribution in [3.8, 4) is 17.5 Å². The van der Waals surface area contributed by atoms with E-state index in [1.165, 1.54) is 21.8 Å². The number of alkyl halides is 6. The largest absolute Gasteiger partial charge is 0.480 e. The van der Waals surface area contributed by atoms with Gasteiger partial charge in [-0.15, -0.1) is 0 Å². The zero-order chi connectivity index (χ0) is 27.1. The number of rotatable bonds is 4. The number of benzene rings is 1. The van der Waals surface area contributed by atoms with E-state index in [0.29, 0.717) is 11.3 Å². The Morgan fingerprint density at radius 1 is 1.22 bits per heavy atom. The van der Waals surface area contributed by atoms with Gasteiger partial charge in [0.1, 0.15) is 23.1 Å². The molecule has 3 aromatic rings. The van der Waals surface area contributed by atoms with Gasteiger partial charge in [-0.05, 0) is 31.2 Å². The summed E-state index contributed by atoms with van der Waals surface area (Å²) in [5.74, 6) is -1.20. The summed E-state index contributed by atoms with van der Waals surface area (Å²) in [5.41, 5.74) is -0.450. The van der Waals surface area contributed by atoms with Gasteiger partial charge >= 0.3 is 12.4 Å². The van der Waals surface area contributed by atoms with Crippen LogP contribution in [0.5, 0.6) is 5.75 Å². The van der Waals surface area contributed by atoms with Crippen molar-refractivity contribution >= 4 is 17.5 Å². The second kappa shape index (κ2) is 9.59. The number of nitrogens with zero attached hydrogens (tertiary/aromatic N) is 5. The zero-order valence-corrected chi connectivity index (χ0v) is 19.6. The van der Waals surface area contributed by atoms with E-state index in [1.807, 2.05) is 0 Å². The zero-order valence-electron chi connectivity index (χ0n) is 18.9. The highest BCUT2D eigenvalue weighted by Gasteiger charge is 2.39. The molecule has 1 aliphatic heterocycles. The monoisotopic (exact) mass is 543 g/mol. The minimum Gasteiger partial charge on any atom is -0.480 e. The van der Waals surface area contributed by atoms with E-state index in [0.717, 1.165) is 31.3 Å². The van der Waals surface area contributed by atoms with Crippen LogP contribution < -0.4 is 4.74 Å². The van der Waals surface area contributed by atoms with Gasteiger partial charge in [0.25, 0.3) is 5.91 Å². The SMILES string of the molecule is C[C@H](Oc1ccc(C#N)c(Cl)c1C(=O)N1CCc2nn(-c3ccnc(C(F)(F)F)c3)cc2C1)C(F)(F)F. The van der Waals surface area contributed by atoms with Crippen LogP contribution in [-0.4, -0.2) is 44.4 Å². The lowest BCUT2D eigenvalue weighted by Crippen LogP contribution is -2.37. The first-order valence-corrected chi connectivity index (χ1v) is 11.0. The highest BCUT2D eigenvalue weighted by Crippen LogP contribution is 2.35. The van der Waals surface area contributed by atoms with Crippen LogP contribution in [0.4, 0.5) is 26.3 Å². The van der Waals surface area contributed by atoms with E-state index < -0.39 is 41.4 Å². The number of hydrogen-bond donors (Lipinski definition) is 0. The third kappa shape index (κ3) is 5.34. The summed E-state index contributed by atoms with van der Waals surface area (Å²) < 4.78 is 84.6. The standard InChI is InChI=1S/C23H16ClF6N5O2/c1-12(22(25,26)27)37-17-3-2-13(9-31)20(24)19(17)21(36)34-7-5-16-14(10-34)11-35(33-16)15-4-6-32-18(8-15)23(28,29)30/h2-4,6,8,11-12H,5,7,10H2,1H3/t12-/m0/s1. The first kappa shape index (κ1) is 26.3. The molecule has 0 spiro atoms. The van der Waals surface area contributed by atoms with E-state index in [-0.39, 0.29) is 35.8 Å². The van der Waals surface area contributed by atoms with Crippen LogP contribution in [0.3, 0.4) is 0 Å². The Morgan fingerprint density at radius 3 is 2.59 bits per heavy atom. The van der Waals surface area contributed by atoms with Crippen molar-refractivity contribution in [2.24, 2.45) is 0 Å². The fourth-order valence-electron chi connectivity index (χ4n) is 3.69. The minimum atomic E-state index is -4.71. The van der Waals surface area contributed by atoms with E-state index in [4.69, 9.17) is 16.3 Å².